The van der Waals surface area contributed by atoms with Crippen LogP contribution in [0, 0.1) is 0 Å². The highest BCUT2D eigenvalue weighted by molar-refractivity contribution is 5.06. The minimum absolute atomic E-state index is 0.245. The highest BCUT2D eigenvalue weighted by Crippen LogP contribution is 2.10. The Hall–Kier alpha value is -1.75. The van der Waals surface area contributed by atoms with E-state index in [9.17, 15) is 0 Å². The first-order chi connectivity index (χ1) is 7.77. The molecule has 0 saturated heterocycles. The van der Waals surface area contributed by atoms with Crippen molar-refractivity contribution in [3.8, 4) is 0 Å². The zero-order valence-corrected chi connectivity index (χ0v) is 9.46. The predicted octanol–water partition coefficient (Wildman–Crippen LogP) is 1.06. The first kappa shape index (κ1) is 10.8. The minimum Gasteiger partial charge on any atom is -0.303 e. The summed E-state index contributed by atoms with van der Waals surface area (Å²) in [4.78, 5) is 0. The summed E-state index contributed by atoms with van der Waals surface area (Å²) in [5.74, 6) is 0. The van der Waals surface area contributed by atoms with Gasteiger partial charge < -0.3 is 5.32 Å². The van der Waals surface area contributed by atoms with Gasteiger partial charge in [-0.15, -0.1) is 0 Å². The van der Waals surface area contributed by atoms with Crippen molar-refractivity contribution in [1.29, 1.82) is 0 Å². The van der Waals surface area contributed by atoms with Crippen LogP contribution in [0.25, 0.3) is 0 Å². The normalized spacial score (nSPS) is 12.6. The minimum atomic E-state index is 0.245. The van der Waals surface area contributed by atoms with Crippen molar-refractivity contribution in [3.63, 3.8) is 0 Å². The monoisotopic (exact) mass is 217 g/mol. The Morgan fingerprint density at radius 2 is 2.25 bits per heavy atom. The smallest absolute Gasteiger partial charge is 0.0769 e. The van der Waals surface area contributed by atoms with Gasteiger partial charge in [0.2, 0.25) is 0 Å². The lowest BCUT2D eigenvalue weighted by atomic mass is 10.2. The third kappa shape index (κ3) is 2.43. The van der Waals surface area contributed by atoms with Crippen LogP contribution in [-0.4, -0.2) is 20.0 Å². The van der Waals surface area contributed by atoms with Gasteiger partial charge in [0, 0.05) is 32.0 Å². The van der Waals surface area contributed by atoms with E-state index in [-0.39, 0.29) is 6.04 Å². The largest absolute Gasteiger partial charge is 0.303 e. The standard InChI is InChI=1S/C11H15N5/c1-9(11-5-7-14-16(11)2)12-8-10-4-3-6-13-15-10/h3-7,9,12H,8H2,1-2H3. The number of aromatic nitrogens is 4. The van der Waals surface area contributed by atoms with Crippen LogP contribution in [0.1, 0.15) is 24.4 Å². The second-order valence-electron chi connectivity index (χ2n) is 3.70. The maximum absolute atomic E-state index is 4.14. The number of nitrogens with one attached hydrogen (secondary N) is 1. The van der Waals surface area contributed by atoms with E-state index in [4.69, 9.17) is 0 Å². The van der Waals surface area contributed by atoms with Gasteiger partial charge >= 0.3 is 0 Å². The summed E-state index contributed by atoms with van der Waals surface area (Å²) in [6, 6.07) is 6.10. The number of aryl methyl sites for hydroxylation is 1. The Balaban J connectivity index is 1.94. The molecule has 0 amide bonds. The molecule has 2 heterocycles. The second-order valence-corrected chi connectivity index (χ2v) is 3.70. The van der Waals surface area contributed by atoms with E-state index in [2.05, 4.69) is 27.5 Å². The molecule has 1 unspecified atom stereocenters. The van der Waals surface area contributed by atoms with E-state index in [1.165, 1.54) is 0 Å². The van der Waals surface area contributed by atoms with E-state index in [0.717, 1.165) is 11.4 Å². The first-order valence-electron chi connectivity index (χ1n) is 5.25. The van der Waals surface area contributed by atoms with Crippen molar-refractivity contribution in [2.45, 2.75) is 19.5 Å². The summed E-state index contributed by atoms with van der Waals surface area (Å²) in [5, 5.41) is 15.4. The first-order valence-corrected chi connectivity index (χ1v) is 5.25. The molecule has 0 bridgehead atoms. The molecule has 2 rings (SSSR count). The third-order valence-corrected chi connectivity index (χ3v) is 2.52. The van der Waals surface area contributed by atoms with Crippen LogP contribution in [0.15, 0.2) is 30.6 Å². The molecule has 0 radical (unpaired) electrons. The fraction of sp³-hybridized carbons (Fsp3) is 0.364. The zero-order chi connectivity index (χ0) is 11.4. The fourth-order valence-corrected chi connectivity index (χ4v) is 1.60. The molecule has 16 heavy (non-hydrogen) atoms. The lowest BCUT2D eigenvalue weighted by Crippen LogP contribution is -2.21. The average molecular weight is 217 g/mol. The SMILES string of the molecule is CC(NCc1cccnn1)c1ccnn1C. The highest BCUT2D eigenvalue weighted by atomic mass is 15.3. The molecule has 0 aliphatic rings. The topological polar surface area (TPSA) is 55.6 Å². The summed E-state index contributed by atoms with van der Waals surface area (Å²) in [6.07, 6.45) is 3.48. The zero-order valence-electron chi connectivity index (χ0n) is 9.46. The van der Waals surface area contributed by atoms with Crippen LogP contribution < -0.4 is 5.32 Å². The van der Waals surface area contributed by atoms with E-state index in [1.807, 2.05) is 29.9 Å². The molecule has 5 heteroatoms. The van der Waals surface area contributed by atoms with Gasteiger partial charge in [0.05, 0.1) is 11.4 Å². The fourth-order valence-electron chi connectivity index (χ4n) is 1.60. The van der Waals surface area contributed by atoms with Gasteiger partial charge in [-0.25, -0.2) is 0 Å². The lowest BCUT2D eigenvalue weighted by Gasteiger charge is -2.13. The molecule has 0 fully saturated rings. The highest BCUT2D eigenvalue weighted by Gasteiger charge is 2.08. The van der Waals surface area contributed by atoms with Crippen molar-refractivity contribution in [2.24, 2.45) is 7.05 Å². The third-order valence-electron chi connectivity index (χ3n) is 2.52. The van der Waals surface area contributed by atoms with Gasteiger partial charge in [0.15, 0.2) is 0 Å². The Labute approximate surface area is 94.5 Å². The molecule has 0 aromatic carbocycles. The molecule has 1 N–H and O–H groups in total. The molecule has 0 aliphatic heterocycles. The molecule has 5 nitrogen and oxygen atoms in total. The molecule has 2 aromatic heterocycles. The van der Waals surface area contributed by atoms with E-state index in [0.29, 0.717) is 6.54 Å². The number of rotatable bonds is 4. The Bertz CT molecular complexity index is 437. The van der Waals surface area contributed by atoms with Crippen LogP contribution in [0.3, 0.4) is 0 Å². The van der Waals surface area contributed by atoms with Gasteiger partial charge in [-0.1, -0.05) is 0 Å². The summed E-state index contributed by atoms with van der Waals surface area (Å²) in [5.41, 5.74) is 2.10. The van der Waals surface area contributed by atoms with Gasteiger partial charge in [-0.3, -0.25) is 4.68 Å². The number of hydrogen-bond acceptors (Lipinski definition) is 4. The Kier molecular flexibility index (Phi) is 3.26. The van der Waals surface area contributed by atoms with Crippen molar-refractivity contribution >= 4 is 0 Å². The molecule has 0 saturated carbocycles. The molecule has 84 valence electrons. The second kappa shape index (κ2) is 4.85. The molecule has 0 aliphatic carbocycles. The van der Waals surface area contributed by atoms with Crippen molar-refractivity contribution in [1.82, 2.24) is 25.3 Å². The van der Waals surface area contributed by atoms with Crippen LogP contribution in [0.5, 0.6) is 0 Å². The summed E-state index contributed by atoms with van der Waals surface area (Å²) in [6.45, 7) is 2.81. The maximum atomic E-state index is 4.14. The van der Waals surface area contributed by atoms with E-state index in [1.54, 1.807) is 12.4 Å². The summed E-state index contributed by atoms with van der Waals surface area (Å²) in [7, 11) is 1.94. The number of nitrogens with zero attached hydrogens (tertiary/aromatic N) is 4. The van der Waals surface area contributed by atoms with Crippen LogP contribution in [-0.2, 0) is 13.6 Å². The molecule has 0 spiro atoms. The Morgan fingerprint density at radius 1 is 1.38 bits per heavy atom. The van der Waals surface area contributed by atoms with Crippen LogP contribution in [0.4, 0.5) is 0 Å². The van der Waals surface area contributed by atoms with E-state index < -0.39 is 0 Å². The number of hydrogen-bond donors (Lipinski definition) is 1. The van der Waals surface area contributed by atoms with Crippen molar-refractivity contribution in [3.05, 3.63) is 42.0 Å². The van der Waals surface area contributed by atoms with Gasteiger partial charge in [0.1, 0.15) is 0 Å². The predicted molar refractivity (Wildman–Crippen MR) is 60.5 cm³/mol. The van der Waals surface area contributed by atoms with Crippen molar-refractivity contribution in [2.75, 3.05) is 0 Å². The summed E-state index contributed by atoms with van der Waals surface area (Å²) >= 11 is 0. The van der Waals surface area contributed by atoms with Crippen LogP contribution >= 0.6 is 0 Å². The van der Waals surface area contributed by atoms with Crippen LogP contribution in [0.2, 0.25) is 0 Å². The van der Waals surface area contributed by atoms with Gasteiger partial charge in [-0.2, -0.15) is 15.3 Å². The van der Waals surface area contributed by atoms with E-state index >= 15 is 0 Å². The average Bonchev–Trinajstić information content (AvgIpc) is 2.74. The quantitative estimate of drug-likeness (QED) is 0.832. The molecule has 1 atom stereocenters. The lowest BCUT2D eigenvalue weighted by molar-refractivity contribution is 0.523. The summed E-state index contributed by atoms with van der Waals surface area (Å²) < 4.78 is 1.87. The maximum Gasteiger partial charge on any atom is 0.0769 e. The van der Waals surface area contributed by atoms with Crippen molar-refractivity contribution < 1.29 is 0 Å². The van der Waals surface area contributed by atoms with Gasteiger partial charge in [-0.05, 0) is 25.1 Å². The van der Waals surface area contributed by atoms with Gasteiger partial charge in [0.25, 0.3) is 0 Å². The molecule has 2 aromatic rings. The Morgan fingerprint density at radius 3 is 2.88 bits per heavy atom. The molecular formula is C11H15N5. The molecular weight excluding hydrogens is 202 g/mol.